The van der Waals surface area contributed by atoms with E-state index in [1.807, 2.05) is 11.8 Å². The SMILES string of the molecule is CSCCCNC(=O)[C@H]1CCCN(C2CCN(C3Cc4ccccc4C3)CC2)C1. The van der Waals surface area contributed by atoms with Gasteiger partial charge in [-0.25, -0.2) is 0 Å². The van der Waals surface area contributed by atoms with Crippen molar-refractivity contribution in [3.05, 3.63) is 35.4 Å². The maximum absolute atomic E-state index is 12.6. The third-order valence-corrected chi connectivity index (χ3v) is 7.91. The van der Waals surface area contributed by atoms with E-state index >= 15 is 0 Å². The molecule has 1 amide bonds. The number of benzene rings is 1. The summed E-state index contributed by atoms with van der Waals surface area (Å²) in [7, 11) is 0. The number of thioether (sulfide) groups is 1. The molecule has 29 heavy (non-hydrogen) atoms. The van der Waals surface area contributed by atoms with Crippen molar-refractivity contribution in [1.82, 2.24) is 15.1 Å². The molecular formula is C24H37N3OS. The van der Waals surface area contributed by atoms with Gasteiger partial charge in [0.15, 0.2) is 0 Å². The van der Waals surface area contributed by atoms with Gasteiger partial charge < -0.3 is 5.32 Å². The summed E-state index contributed by atoms with van der Waals surface area (Å²) in [6.07, 6.45) is 10.4. The standard InChI is InChI=1S/C24H37N3OS/c1-29-15-5-11-25-24(28)21-8-4-12-27(18-21)22-9-13-26(14-10-22)23-16-19-6-2-3-7-20(19)17-23/h2-3,6-7,21-23H,4-5,8-18H2,1H3,(H,25,28)/t21-/m0/s1. The minimum absolute atomic E-state index is 0.195. The van der Waals surface area contributed by atoms with E-state index in [-0.39, 0.29) is 11.8 Å². The van der Waals surface area contributed by atoms with E-state index in [1.165, 1.54) is 51.7 Å². The molecule has 5 heteroatoms. The van der Waals surface area contributed by atoms with Crippen LogP contribution < -0.4 is 5.32 Å². The van der Waals surface area contributed by atoms with Crippen LogP contribution in [0.3, 0.4) is 0 Å². The fraction of sp³-hybridized carbons (Fsp3) is 0.708. The van der Waals surface area contributed by atoms with E-state index in [4.69, 9.17) is 0 Å². The Morgan fingerprint density at radius 3 is 2.45 bits per heavy atom. The second-order valence-corrected chi connectivity index (χ2v) is 10.1. The predicted octanol–water partition coefficient (Wildman–Crippen LogP) is 3.20. The summed E-state index contributed by atoms with van der Waals surface area (Å²) in [5.41, 5.74) is 3.11. The van der Waals surface area contributed by atoms with Gasteiger partial charge in [-0.2, -0.15) is 11.8 Å². The molecule has 0 aromatic heterocycles. The van der Waals surface area contributed by atoms with Crippen molar-refractivity contribution in [1.29, 1.82) is 0 Å². The van der Waals surface area contributed by atoms with E-state index in [0.29, 0.717) is 12.1 Å². The van der Waals surface area contributed by atoms with Crippen LogP contribution in [0, 0.1) is 5.92 Å². The van der Waals surface area contributed by atoms with Crippen LogP contribution in [-0.2, 0) is 17.6 Å². The van der Waals surface area contributed by atoms with Crippen LogP contribution >= 0.6 is 11.8 Å². The van der Waals surface area contributed by atoms with Crippen molar-refractivity contribution >= 4 is 17.7 Å². The van der Waals surface area contributed by atoms with Gasteiger partial charge in [0.05, 0.1) is 5.92 Å². The van der Waals surface area contributed by atoms with Crippen molar-refractivity contribution < 1.29 is 4.79 Å². The number of amides is 1. The minimum atomic E-state index is 0.195. The molecule has 3 aliphatic rings. The second kappa shape index (κ2) is 10.3. The first-order valence-electron chi connectivity index (χ1n) is 11.6. The molecule has 4 nitrogen and oxygen atoms in total. The molecule has 0 unspecified atom stereocenters. The molecule has 0 spiro atoms. The summed E-state index contributed by atoms with van der Waals surface area (Å²) in [6, 6.07) is 10.3. The molecule has 1 atom stereocenters. The summed E-state index contributed by atoms with van der Waals surface area (Å²) in [5.74, 6) is 1.61. The van der Waals surface area contributed by atoms with Crippen LogP contribution in [0.1, 0.15) is 43.2 Å². The molecule has 1 aliphatic carbocycles. The highest BCUT2D eigenvalue weighted by atomic mass is 32.2. The number of fused-ring (bicyclic) bond motifs is 1. The van der Waals surface area contributed by atoms with Gasteiger partial charge in [-0.05, 0) is 87.7 Å². The van der Waals surface area contributed by atoms with Gasteiger partial charge >= 0.3 is 0 Å². The average molecular weight is 416 g/mol. The zero-order valence-electron chi connectivity index (χ0n) is 17.9. The summed E-state index contributed by atoms with van der Waals surface area (Å²) in [4.78, 5) is 17.9. The number of carbonyl (C=O) groups is 1. The fourth-order valence-electron chi connectivity index (χ4n) is 5.53. The van der Waals surface area contributed by atoms with E-state index < -0.39 is 0 Å². The van der Waals surface area contributed by atoms with Gasteiger partial charge in [0.25, 0.3) is 0 Å². The Morgan fingerprint density at radius 2 is 1.76 bits per heavy atom. The smallest absolute Gasteiger partial charge is 0.224 e. The maximum Gasteiger partial charge on any atom is 0.224 e. The highest BCUT2D eigenvalue weighted by molar-refractivity contribution is 7.98. The molecule has 1 aromatic rings. The summed E-state index contributed by atoms with van der Waals surface area (Å²) in [6.45, 7) is 5.40. The Hall–Kier alpha value is -1.04. The molecule has 160 valence electrons. The molecule has 2 saturated heterocycles. The first-order chi connectivity index (χ1) is 14.2. The van der Waals surface area contributed by atoms with Crippen molar-refractivity contribution in [3.63, 3.8) is 0 Å². The summed E-state index contributed by atoms with van der Waals surface area (Å²) < 4.78 is 0. The Bertz CT molecular complexity index is 649. The Labute approximate surface area is 180 Å². The van der Waals surface area contributed by atoms with Crippen LogP contribution in [-0.4, -0.2) is 72.5 Å². The lowest BCUT2D eigenvalue weighted by molar-refractivity contribution is -0.127. The zero-order valence-corrected chi connectivity index (χ0v) is 18.8. The number of hydrogen-bond donors (Lipinski definition) is 1. The van der Waals surface area contributed by atoms with Crippen LogP contribution in [0.25, 0.3) is 0 Å². The minimum Gasteiger partial charge on any atom is -0.356 e. The molecule has 0 bridgehead atoms. The van der Waals surface area contributed by atoms with Gasteiger partial charge in [-0.1, -0.05) is 24.3 Å². The lowest BCUT2D eigenvalue weighted by atomic mass is 9.92. The Morgan fingerprint density at radius 1 is 1.03 bits per heavy atom. The first kappa shape index (κ1) is 21.2. The molecule has 0 saturated carbocycles. The number of likely N-dealkylation sites (tertiary alicyclic amines) is 2. The van der Waals surface area contributed by atoms with E-state index in [9.17, 15) is 4.79 Å². The number of carbonyl (C=O) groups excluding carboxylic acids is 1. The molecule has 2 aliphatic heterocycles. The second-order valence-electron chi connectivity index (χ2n) is 9.07. The van der Waals surface area contributed by atoms with Crippen molar-refractivity contribution in [2.75, 3.05) is 44.7 Å². The van der Waals surface area contributed by atoms with Crippen molar-refractivity contribution in [3.8, 4) is 0 Å². The number of rotatable bonds is 7. The van der Waals surface area contributed by atoms with Crippen molar-refractivity contribution in [2.24, 2.45) is 5.92 Å². The molecule has 1 aromatic carbocycles. The normalized spacial score (nSPS) is 24.5. The van der Waals surface area contributed by atoms with E-state index in [0.717, 1.165) is 31.7 Å². The Kier molecular flexibility index (Phi) is 7.54. The topological polar surface area (TPSA) is 35.6 Å². The third-order valence-electron chi connectivity index (χ3n) is 7.21. The van der Waals surface area contributed by atoms with Gasteiger partial charge in [-0.3, -0.25) is 14.6 Å². The fourth-order valence-corrected chi connectivity index (χ4v) is 5.97. The predicted molar refractivity (Wildman–Crippen MR) is 123 cm³/mol. The van der Waals surface area contributed by atoms with Gasteiger partial charge in [0.2, 0.25) is 5.91 Å². The third kappa shape index (κ3) is 5.36. The van der Waals surface area contributed by atoms with Crippen LogP contribution in [0.2, 0.25) is 0 Å². The lowest BCUT2D eigenvalue weighted by Crippen LogP contribution is -2.52. The lowest BCUT2D eigenvalue weighted by Gasteiger charge is -2.43. The van der Waals surface area contributed by atoms with E-state index in [2.05, 4.69) is 45.6 Å². The van der Waals surface area contributed by atoms with E-state index in [1.54, 1.807) is 11.1 Å². The molecule has 2 fully saturated rings. The summed E-state index contributed by atoms with van der Waals surface area (Å²) in [5, 5.41) is 3.18. The highest BCUT2D eigenvalue weighted by Crippen LogP contribution is 2.29. The number of nitrogens with zero attached hydrogens (tertiary/aromatic N) is 2. The largest absolute Gasteiger partial charge is 0.356 e. The zero-order chi connectivity index (χ0) is 20.1. The van der Waals surface area contributed by atoms with Crippen LogP contribution in [0.4, 0.5) is 0 Å². The number of nitrogens with one attached hydrogen (secondary N) is 1. The highest BCUT2D eigenvalue weighted by Gasteiger charge is 2.34. The quantitative estimate of drug-likeness (QED) is 0.694. The van der Waals surface area contributed by atoms with Gasteiger partial charge in [-0.15, -0.1) is 0 Å². The summed E-state index contributed by atoms with van der Waals surface area (Å²) >= 11 is 1.85. The molecular weight excluding hydrogens is 378 g/mol. The number of piperidine rings is 2. The van der Waals surface area contributed by atoms with Crippen LogP contribution in [0.15, 0.2) is 24.3 Å². The van der Waals surface area contributed by atoms with Gasteiger partial charge in [0.1, 0.15) is 0 Å². The maximum atomic E-state index is 12.6. The molecule has 0 radical (unpaired) electrons. The van der Waals surface area contributed by atoms with Crippen molar-refractivity contribution in [2.45, 2.75) is 57.0 Å². The monoisotopic (exact) mass is 415 g/mol. The first-order valence-corrected chi connectivity index (χ1v) is 13.0. The van der Waals surface area contributed by atoms with Crippen LogP contribution in [0.5, 0.6) is 0 Å². The molecule has 1 N–H and O–H groups in total. The molecule has 4 rings (SSSR count). The molecule has 2 heterocycles. The van der Waals surface area contributed by atoms with Gasteiger partial charge in [0, 0.05) is 25.2 Å². The average Bonchev–Trinajstić information content (AvgIpc) is 3.21. The number of hydrogen-bond acceptors (Lipinski definition) is 4. The Balaban J connectivity index is 1.22.